The molecule has 8 heteroatoms. The van der Waals surface area contributed by atoms with Crippen LogP contribution in [0.5, 0.6) is 5.75 Å². The lowest BCUT2D eigenvalue weighted by Crippen LogP contribution is -2.47. The summed E-state index contributed by atoms with van der Waals surface area (Å²) in [7, 11) is 1.64. The third kappa shape index (κ3) is 4.39. The molecule has 0 radical (unpaired) electrons. The number of rotatable bonds is 5. The number of benzene rings is 1. The molecule has 2 saturated heterocycles. The van der Waals surface area contributed by atoms with E-state index in [0.717, 1.165) is 36.3 Å². The van der Waals surface area contributed by atoms with Crippen molar-refractivity contribution in [2.24, 2.45) is 0 Å². The number of ether oxygens (including phenoxy) is 1. The maximum atomic E-state index is 5.41. The molecule has 0 bridgehead atoms. The molecule has 0 atom stereocenters. The Morgan fingerprint density at radius 3 is 2.35 bits per heavy atom. The van der Waals surface area contributed by atoms with Crippen LogP contribution in [0.1, 0.15) is 32.1 Å². The zero-order chi connectivity index (χ0) is 21.0. The van der Waals surface area contributed by atoms with Gasteiger partial charge in [0.1, 0.15) is 5.75 Å². The molecule has 5 rings (SSSR count). The number of anilines is 1. The summed E-state index contributed by atoms with van der Waals surface area (Å²) in [4.78, 5) is 9.48. The highest BCUT2D eigenvalue weighted by Crippen LogP contribution is 2.26. The number of likely N-dealkylation sites (tertiary alicyclic amines) is 1. The molecule has 1 aromatic carbocycles. The standard InChI is InChI=1S/C23H28N6O2/c1-30-19-7-5-17(6-8-19)22-24-23(31-27-22)20-9-10-21(26-25-20)29-15-11-18(12-16-29)28-13-3-2-4-14-28/h5-10,18H,2-4,11-16H2,1H3. The summed E-state index contributed by atoms with van der Waals surface area (Å²) >= 11 is 0. The molecular formula is C23H28N6O2. The molecule has 31 heavy (non-hydrogen) atoms. The molecule has 0 saturated carbocycles. The summed E-state index contributed by atoms with van der Waals surface area (Å²) in [5, 5.41) is 12.9. The lowest BCUT2D eigenvalue weighted by Gasteiger charge is -2.40. The summed E-state index contributed by atoms with van der Waals surface area (Å²) < 4.78 is 10.6. The third-order valence-electron chi connectivity index (χ3n) is 6.34. The fourth-order valence-electron chi connectivity index (χ4n) is 4.54. The molecule has 2 aromatic heterocycles. The van der Waals surface area contributed by atoms with Crippen molar-refractivity contribution in [3.63, 3.8) is 0 Å². The van der Waals surface area contributed by atoms with Crippen molar-refractivity contribution in [3.8, 4) is 28.7 Å². The van der Waals surface area contributed by atoms with Crippen LogP contribution >= 0.6 is 0 Å². The van der Waals surface area contributed by atoms with Crippen LogP contribution in [0.15, 0.2) is 40.9 Å². The van der Waals surface area contributed by atoms with Crippen LogP contribution in [0.3, 0.4) is 0 Å². The maximum absolute atomic E-state index is 5.41. The van der Waals surface area contributed by atoms with Gasteiger partial charge >= 0.3 is 0 Å². The monoisotopic (exact) mass is 420 g/mol. The molecule has 8 nitrogen and oxygen atoms in total. The van der Waals surface area contributed by atoms with E-state index >= 15 is 0 Å². The van der Waals surface area contributed by atoms with Gasteiger partial charge in [0, 0.05) is 24.7 Å². The molecule has 0 unspecified atom stereocenters. The quantitative estimate of drug-likeness (QED) is 0.619. The van der Waals surface area contributed by atoms with Gasteiger partial charge in [0.05, 0.1) is 7.11 Å². The van der Waals surface area contributed by atoms with Crippen molar-refractivity contribution in [2.75, 3.05) is 38.2 Å². The van der Waals surface area contributed by atoms with E-state index in [1.807, 2.05) is 36.4 Å². The first kappa shape index (κ1) is 19.9. The Morgan fingerprint density at radius 1 is 0.903 bits per heavy atom. The fraction of sp³-hybridized carbons (Fsp3) is 0.478. The van der Waals surface area contributed by atoms with E-state index in [4.69, 9.17) is 9.26 Å². The summed E-state index contributed by atoms with van der Waals surface area (Å²) in [6.45, 7) is 4.58. The maximum Gasteiger partial charge on any atom is 0.278 e. The fourth-order valence-corrected chi connectivity index (χ4v) is 4.54. The van der Waals surface area contributed by atoms with Crippen LogP contribution < -0.4 is 9.64 Å². The number of methoxy groups -OCH3 is 1. The first-order valence-electron chi connectivity index (χ1n) is 11.1. The van der Waals surface area contributed by atoms with Gasteiger partial charge in [-0.15, -0.1) is 10.2 Å². The highest BCUT2D eigenvalue weighted by atomic mass is 16.5. The van der Waals surface area contributed by atoms with E-state index in [2.05, 4.69) is 30.1 Å². The summed E-state index contributed by atoms with van der Waals surface area (Å²) in [5.41, 5.74) is 1.44. The number of aromatic nitrogens is 4. The normalized spacial score (nSPS) is 18.3. The predicted octanol–water partition coefficient (Wildman–Crippen LogP) is 3.66. The van der Waals surface area contributed by atoms with E-state index in [1.165, 1.54) is 45.2 Å². The second-order valence-corrected chi connectivity index (χ2v) is 8.24. The number of nitrogens with zero attached hydrogens (tertiary/aromatic N) is 6. The predicted molar refractivity (Wildman–Crippen MR) is 118 cm³/mol. The average Bonchev–Trinajstić information content (AvgIpc) is 3.35. The molecule has 2 aliphatic heterocycles. The van der Waals surface area contributed by atoms with Gasteiger partial charge in [0.25, 0.3) is 5.89 Å². The van der Waals surface area contributed by atoms with Crippen LogP contribution in [0, 0.1) is 0 Å². The second-order valence-electron chi connectivity index (χ2n) is 8.24. The largest absolute Gasteiger partial charge is 0.497 e. The van der Waals surface area contributed by atoms with Gasteiger partial charge in [-0.1, -0.05) is 11.6 Å². The molecule has 0 N–H and O–H groups in total. The molecule has 0 amide bonds. The molecule has 4 heterocycles. The minimum absolute atomic E-state index is 0.369. The summed E-state index contributed by atoms with van der Waals surface area (Å²) in [6, 6.07) is 12.2. The van der Waals surface area contributed by atoms with Crippen molar-refractivity contribution in [2.45, 2.75) is 38.1 Å². The van der Waals surface area contributed by atoms with Gasteiger partial charge < -0.3 is 19.1 Å². The van der Waals surface area contributed by atoms with Crippen LogP contribution in [0.2, 0.25) is 0 Å². The molecule has 2 fully saturated rings. The van der Waals surface area contributed by atoms with Crippen molar-refractivity contribution < 1.29 is 9.26 Å². The molecule has 0 aliphatic carbocycles. The van der Waals surface area contributed by atoms with Crippen LogP contribution in [-0.4, -0.2) is 64.6 Å². The summed E-state index contributed by atoms with van der Waals surface area (Å²) in [6.07, 6.45) is 6.47. The number of hydrogen-bond donors (Lipinski definition) is 0. The number of piperidine rings is 2. The second kappa shape index (κ2) is 9.01. The molecule has 0 spiro atoms. The topological polar surface area (TPSA) is 80.4 Å². The Hall–Kier alpha value is -3.00. The van der Waals surface area contributed by atoms with E-state index in [-0.39, 0.29) is 0 Å². The highest BCUT2D eigenvalue weighted by Gasteiger charge is 2.26. The Morgan fingerprint density at radius 2 is 1.68 bits per heavy atom. The van der Waals surface area contributed by atoms with Gasteiger partial charge in [-0.3, -0.25) is 0 Å². The lowest BCUT2D eigenvalue weighted by molar-refractivity contribution is 0.141. The van der Waals surface area contributed by atoms with E-state index < -0.39 is 0 Å². The number of hydrogen-bond acceptors (Lipinski definition) is 8. The molecule has 3 aromatic rings. The highest BCUT2D eigenvalue weighted by molar-refractivity contribution is 5.59. The van der Waals surface area contributed by atoms with E-state index in [9.17, 15) is 0 Å². The van der Waals surface area contributed by atoms with E-state index in [0.29, 0.717) is 17.4 Å². The van der Waals surface area contributed by atoms with Crippen LogP contribution in [0.25, 0.3) is 23.0 Å². The van der Waals surface area contributed by atoms with Gasteiger partial charge in [0.2, 0.25) is 5.82 Å². The zero-order valence-electron chi connectivity index (χ0n) is 17.9. The van der Waals surface area contributed by atoms with Gasteiger partial charge in [-0.25, -0.2) is 0 Å². The van der Waals surface area contributed by atoms with E-state index in [1.54, 1.807) is 7.11 Å². The Kier molecular flexibility index (Phi) is 5.80. The smallest absolute Gasteiger partial charge is 0.278 e. The van der Waals surface area contributed by atoms with Gasteiger partial charge in [-0.2, -0.15) is 4.98 Å². The van der Waals surface area contributed by atoms with Crippen LogP contribution in [-0.2, 0) is 0 Å². The van der Waals surface area contributed by atoms with Crippen molar-refractivity contribution in [1.29, 1.82) is 0 Å². The van der Waals surface area contributed by atoms with Gasteiger partial charge in [-0.05, 0) is 75.2 Å². The first-order valence-corrected chi connectivity index (χ1v) is 11.1. The van der Waals surface area contributed by atoms with Crippen molar-refractivity contribution >= 4 is 5.82 Å². The lowest BCUT2D eigenvalue weighted by atomic mass is 10.00. The Bertz CT molecular complexity index is 974. The molecule has 162 valence electrons. The summed E-state index contributed by atoms with van der Waals surface area (Å²) in [5.74, 6) is 2.58. The van der Waals surface area contributed by atoms with Gasteiger partial charge in [0.15, 0.2) is 11.5 Å². The van der Waals surface area contributed by atoms with Crippen molar-refractivity contribution in [1.82, 2.24) is 25.2 Å². The minimum atomic E-state index is 0.369. The molecular weight excluding hydrogens is 392 g/mol. The average molecular weight is 421 g/mol. The SMILES string of the molecule is COc1ccc(-c2noc(-c3ccc(N4CCC(N5CCCCC5)CC4)nn3)n2)cc1. The molecule has 2 aliphatic rings. The third-order valence-corrected chi connectivity index (χ3v) is 6.34. The van der Waals surface area contributed by atoms with Crippen molar-refractivity contribution in [3.05, 3.63) is 36.4 Å². The Labute approximate surface area is 182 Å². The van der Waals surface area contributed by atoms with Crippen LogP contribution in [0.4, 0.5) is 5.82 Å². The zero-order valence-corrected chi connectivity index (χ0v) is 17.9. The first-order chi connectivity index (χ1) is 15.3. The Balaban J connectivity index is 1.22. The minimum Gasteiger partial charge on any atom is -0.497 e.